The van der Waals surface area contributed by atoms with Crippen LogP contribution in [0.4, 0.5) is 17.3 Å². The Morgan fingerprint density at radius 2 is 1.72 bits per heavy atom. The topological polar surface area (TPSA) is 68.3 Å². The summed E-state index contributed by atoms with van der Waals surface area (Å²) in [7, 11) is 3.16. The molecule has 0 amide bonds. The smallest absolute Gasteiger partial charge is 0.144 e. The van der Waals surface area contributed by atoms with Crippen molar-refractivity contribution >= 4 is 28.9 Å². The van der Waals surface area contributed by atoms with Crippen LogP contribution in [0.5, 0.6) is 11.5 Å². The van der Waals surface area contributed by atoms with Gasteiger partial charge in [0.25, 0.3) is 0 Å². The van der Waals surface area contributed by atoms with Gasteiger partial charge in [-0.3, -0.25) is 0 Å². The van der Waals surface area contributed by atoms with Gasteiger partial charge in [-0.25, -0.2) is 9.97 Å². The highest BCUT2D eigenvalue weighted by molar-refractivity contribution is 6.32. The number of aryl methyl sites for hydroxylation is 1. The molecule has 1 aromatic carbocycles. The van der Waals surface area contributed by atoms with E-state index in [-0.39, 0.29) is 0 Å². The van der Waals surface area contributed by atoms with Gasteiger partial charge in [-0.1, -0.05) is 25.4 Å². The molecule has 7 heteroatoms. The summed E-state index contributed by atoms with van der Waals surface area (Å²) >= 11 is 6.15. The largest absolute Gasteiger partial charge is 0.495 e. The summed E-state index contributed by atoms with van der Waals surface area (Å²) < 4.78 is 10.7. The number of methoxy groups -OCH3 is 2. The van der Waals surface area contributed by atoms with Gasteiger partial charge < -0.3 is 20.1 Å². The first-order valence-corrected chi connectivity index (χ1v) is 8.58. The zero-order chi connectivity index (χ0) is 18.4. The Morgan fingerprint density at radius 1 is 1.04 bits per heavy atom. The molecular weight excluding hydrogens is 340 g/mol. The molecule has 1 aromatic heterocycles. The van der Waals surface area contributed by atoms with Crippen molar-refractivity contribution in [3.63, 3.8) is 0 Å². The lowest BCUT2D eigenvalue weighted by atomic mass is 10.1. The Kier molecular flexibility index (Phi) is 6.70. The molecule has 1 heterocycles. The van der Waals surface area contributed by atoms with Crippen LogP contribution in [0.15, 0.2) is 18.2 Å². The molecule has 2 rings (SSSR count). The van der Waals surface area contributed by atoms with Crippen molar-refractivity contribution in [2.75, 3.05) is 31.4 Å². The molecule has 2 N–H and O–H groups in total. The second-order valence-corrected chi connectivity index (χ2v) is 6.51. The lowest BCUT2D eigenvalue weighted by Crippen LogP contribution is -2.08. The summed E-state index contributed by atoms with van der Waals surface area (Å²) in [5, 5.41) is 7.07. The maximum Gasteiger partial charge on any atom is 0.144 e. The normalized spacial score (nSPS) is 10.7. The maximum absolute atomic E-state index is 6.15. The van der Waals surface area contributed by atoms with E-state index in [0.717, 1.165) is 24.5 Å². The van der Waals surface area contributed by atoms with Crippen molar-refractivity contribution in [2.45, 2.75) is 27.2 Å². The van der Waals surface area contributed by atoms with Crippen molar-refractivity contribution < 1.29 is 9.47 Å². The Hall–Kier alpha value is -2.21. The highest BCUT2D eigenvalue weighted by Crippen LogP contribution is 2.37. The van der Waals surface area contributed by atoms with Crippen LogP contribution in [0.25, 0.3) is 0 Å². The molecule has 6 nitrogen and oxygen atoms in total. The maximum atomic E-state index is 6.15. The number of halogens is 1. The summed E-state index contributed by atoms with van der Waals surface area (Å²) in [4.78, 5) is 8.86. The number of aromatic nitrogens is 2. The lowest BCUT2D eigenvalue weighted by Gasteiger charge is -2.15. The molecule has 0 fully saturated rings. The van der Waals surface area contributed by atoms with Gasteiger partial charge in [0.1, 0.15) is 29.0 Å². The number of anilines is 3. The van der Waals surface area contributed by atoms with Crippen LogP contribution >= 0.6 is 11.6 Å². The van der Waals surface area contributed by atoms with E-state index in [2.05, 4.69) is 34.4 Å². The fourth-order valence-electron chi connectivity index (χ4n) is 2.31. The van der Waals surface area contributed by atoms with E-state index >= 15 is 0 Å². The predicted octanol–water partition coefficient (Wildman–Crippen LogP) is 4.66. The molecule has 0 aliphatic carbocycles. The molecule has 0 unspecified atom stereocenters. The third-order valence-corrected chi connectivity index (χ3v) is 3.90. The number of hydrogen-bond acceptors (Lipinski definition) is 6. The van der Waals surface area contributed by atoms with Crippen LogP contribution in [-0.4, -0.2) is 30.7 Å². The Labute approximate surface area is 153 Å². The van der Waals surface area contributed by atoms with Gasteiger partial charge in [0.2, 0.25) is 0 Å². The molecule has 0 saturated carbocycles. The van der Waals surface area contributed by atoms with Crippen molar-refractivity contribution in [3.8, 4) is 11.5 Å². The first-order valence-electron chi connectivity index (χ1n) is 8.21. The zero-order valence-electron chi connectivity index (χ0n) is 15.3. The average Bonchev–Trinajstić information content (AvgIpc) is 2.55. The van der Waals surface area contributed by atoms with Crippen molar-refractivity contribution in [1.29, 1.82) is 0 Å². The fourth-order valence-corrected chi connectivity index (χ4v) is 2.54. The summed E-state index contributed by atoms with van der Waals surface area (Å²) in [5.41, 5.74) is 0.718. The lowest BCUT2D eigenvalue weighted by molar-refractivity contribution is 0.405. The summed E-state index contributed by atoms with van der Waals surface area (Å²) in [6.45, 7) is 7.12. The Bertz CT molecular complexity index is 722. The summed E-state index contributed by atoms with van der Waals surface area (Å²) in [5.74, 6) is 3.94. The van der Waals surface area contributed by atoms with E-state index in [4.69, 9.17) is 21.1 Å². The summed E-state index contributed by atoms with van der Waals surface area (Å²) in [6, 6.07) is 5.36. The molecule has 0 spiro atoms. The van der Waals surface area contributed by atoms with Gasteiger partial charge in [0, 0.05) is 24.7 Å². The van der Waals surface area contributed by atoms with Gasteiger partial charge in [-0.2, -0.15) is 0 Å². The van der Waals surface area contributed by atoms with E-state index in [1.54, 1.807) is 26.4 Å². The monoisotopic (exact) mass is 364 g/mol. The van der Waals surface area contributed by atoms with Crippen LogP contribution in [-0.2, 0) is 0 Å². The van der Waals surface area contributed by atoms with Crippen molar-refractivity contribution in [2.24, 2.45) is 5.92 Å². The van der Waals surface area contributed by atoms with Crippen LogP contribution in [0, 0.1) is 12.8 Å². The van der Waals surface area contributed by atoms with Crippen molar-refractivity contribution in [1.82, 2.24) is 9.97 Å². The number of nitrogens with zero attached hydrogens (tertiary/aromatic N) is 2. The molecule has 0 radical (unpaired) electrons. The SMILES string of the molecule is COc1cc(Nc2cc(NCCC(C)C)nc(C)n2)c(OC)cc1Cl. The minimum atomic E-state index is 0.486. The minimum Gasteiger partial charge on any atom is -0.495 e. The number of nitrogens with one attached hydrogen (secondary N) is 2. The van der Waals surface area contributed by atoms with E-state index in [0.29, 0.717) is 34.1 Å². The number of benzene rings is 1. The first kappa shape index (κ1) is 19.1. The molecule has 0 atom stereocenters. The second-order valence-electron chi connectivity index (χ2n) is 6.11. The molecule has 25 heavy (non-hydrogen) atoms. The van der Waals surface area contributed by atoms with Gasteiger partial charge in [0.05, 0.1) is 24.9 Å². The molecular formula is C18H25ClN4O2. The standard InChI is InChI=1S/C18H25ClN4O2/c1-11(2)6-7-20-17-10-18(22-12(3)21-17)23-14-9-15(24-4)13(19)8-16(14)25-5/h8-11H,6-7H2,1-5H3,(H2,20,21,22,23). The minimum absolute atomic E-state index is 0.486. The fraction of sp³-hybridized carbons (Fsp3) is 0.444. The molecule has 136 valence electrons. The van der Waals surface area contributed by atoms with Gasteiger partial charge in [-0.15, -0.1) is 0 Å². The quantitative estimate of drug-likeness (QED) is 0.710. The molecule has 0 aliphatic rings. The Morgan fingerprint density at radius 3 is 2.36 bits per heavy atom. The van der Waals surface area contributed by atoms with E-state index in [9.17, 15) is 0 Å². The Balaban J connectivity index is 2.23. The second kappa shape index (κ2) is 8.76. The molecule has 0 saturated heterocycles. The van der Waals surface area contributed by atoms with Gasteiger partial charge in [0.15, 0.2) is 0 Å². The van der Waals surface area contributed by atoms with E-state index < -0.39 is 0 Å². The molecule has 2 aromatic rings. The van der Waals surface area contributed by atoms with Crippen LogP contribution in [0.1, 0.15) is 26.1 Å². The first-order chi connectivity index (χ1) is 11.9. The highest BCUT2D eigenvalue weighted by Gasteiger charge is 2.11. The van der Waals surface area contributed by atoms with Crippen LogP contribution in [0.2, 0.25) is 5.02 Å². The summed E-state index contributed by atoms with van der Waals surface area (Å²) in [6.07, 6.45) is 1.08. The molecule has 0 aliphatic heterocycles. The zero-order valence-corrected chi connectivity index (χ0v) is 16.1. The number of ether oxygens (including phenoxy) is 2. The van der Waals surface area contributed by atoms with Gasteiger partial charge >= 0.3 is 0 Å². The average molecular weight is 365 g/mol. The van der Waals surface area contributed by atoms with Gasteiger partial charge in [-0.05, 0) is 19.3 Å². The van der Waals surface area contributed by atoms with Crippen LogP contribution in [0.3, 0.4) is 0 Å². The van der Waals surface area contributed by atoms with Crippen molar-refractivity contribution in [3.05, 3.63) is 29.0 Å². The predicted molar refractivity (Wildman–Crippen MR) is 103 cm³/mol. The van der Waals surface area contributed by atoms with Crippen LogP contribution < -0.4 is 20.1 Å². The third kappa shape index (κ3) is 5.39. The molecule has 0 bridgehead atoms. The number of rotatable bonds is 8. The third-order valence-electron chi connectivity index (χ3n) is 3.60. The highest BCUT2D eigenvalue weighted by atomic mass is 35.5. The van der Waals surface area contributed by atoms with E-state index in [1.165, 1.54) is 0 Å². The van der Waals surface area contributed by atoms with E-state index in [1.807, 2.05) is 13.0 Å². The number of hydrogen-bond donors (Lipinski definition) is 2.